The number of amides is 1. The lowest BCUT2D eigenvalue weighted by Gasteiger charge is -2.25. The third kappa shape index (κ3) is 2.40. The highest BCUT2D eigenvalue weighted by Crippen LogP contribution is 2.55. The molecule has 0 aromatic heterocycles. The molecule has 2 aliphatic rings. The van der Waals surface area contributed by atoms with Gasteiger partial charge in [-0.15, -0.1) is 0 Å². The maximum atomic E-state index is 11.8. The van der Waals surface area contributed by atoms with Gasteiger partial charge >= 0.3 is 0 Å². The number of rotatable bonds is 2. The van der Waals surface area contributed by atoms with Gasteiger partial charge in [0.25, 0.3) is 0 Å². The van der Waals surface area contributed by atoms with Gasteiger partial charge in [0.05, 0.1) is 5.41 Å². The third-order valence-corrected chi connectivity index (χ3v) is 4.51. The van der Waals surface area contributed by atoms with Gasteiger partial charge in [0.15, 0.2) is 0 Å². The molecule has 3 nitrogen and oxygen atoms in total. The lowest BCUT2D eigenvalue weighted by Crippen LogP contribution is -2.40. The van der Waals surface area contributed by atoms with Gasteiger partial charge in [-0.05, 0) is 31.6 Å². The molecule has 2 fully saturated rings. The summed E-state index contributed by atoms with van der Waals surface area (Å²) in [6, 6.07) is 0. The topological polar surface area (TPSA) is 55.1 Å². The number of nitrogens with one attached hydrogen (secondary N) is 1. The minimum absolute atomic E-state index is 0.0703. The first-order chi connectivity index (χ1) is 7.79. The largest absolute Gasteiger partial charge is 0.294 e. The molecule has 3 heteroatoms. The first kappa shape index (κ1) is 11.9. The highest BCUT2D eigenvalue weighted by Gasteiger charge is 2.54. The Morgan fingerprint density at radius 2 is 1.50 bits per heavy atom. The maximum absolute atomic E-state index is 11.8. The molecular weight excluding hydrogens is 200 g/mol. The second-order valence-corrected chi connectivity index (χ2v) is 5.53. The van der Waals surface area contributed by atoms with Gasteiger partial charge in [-0.2, -0.15) is 0 Å². The Hall–Kier alpha value is -0.570. The number of hydrazine groups is 1. The first-order valence-electron chi connectivity index (χ1n) is 6.81. The van der Waals surface area contributed by atoms with E-state index in [1.165, 1.54) is 51.4 Å². The summed E-state index contributed by atoms with van der Waals surface area (Å²) in [4.78, 5) is 11.8. The average molecular weight is 224 g/mol. The van der Waals surface area contributed by atoms with Crippen LogP contribution in [0.15, 0.2) is 0 Å². The van der Waals surface area contributed by atoms with Crippen molar-refractivity contribution < 1.29 is 4.79 Å². The molecule has 0 aromatic carbocycles. The quantitative estimate of drug-likeness (QED) is 0.430. The van der Waals surface area contributed by atoms with Crippen molar-refractivity contribution in [2.75, 3.05) is 0 Å². The van der Waals surface area contributed by atoms with Crippen LogP contribution in [0, 0.1) is 11.3 Å². The van der Waals surface area contributed by atoms with Crippen molar-refractivity contribution in [3.63, 3.8) is 0 Å². The number of hydrogen-bond acceptors (Lipinski definition) is 2. The predicted octanol–water partition coefficient (Wildman–Crippen LogP) is 2.51. The summed E-state index contributed by atoms with van der Waals surface area (Å²) in [5, 5.41) is 0. The molecule has 0 unspecified atom stereocenters. The van der Waals surface area contributed by atoms with Crippen molar-refractivity contribution >= 4 is 5.91 Å². The van der Waals surface area contributed by atoms with Crippen molar-refractivity contribution in [1.82, 2.24) is 5.43 Å². The van der Waals surface area contributed by atoms with E-state index in [4.69, 9.17) is 5.84 Å². The van der Waals surface area contributed by atoms with E-state index >= 15 is 0 Å². The summed E-state index contributed by atoms with van der Waals surface area (Å²) in [6.45, 7) is 0. The van der Waals surface area contributed by atoms with Crippen LogP contribution in [0.2, 0.25) is 0 Å². The summed E-state index contributed by atoms with van der Waals surface area (Å²) < 4.78 is 0. The van der Waals surface area contributed by atoms with E-state index < -0.39 is 0 Å². The van der Waals surface area contributed by atoms with Crippen molar-refractivity contribution in [2.45, 2.75) is 64.2 Å². The summed E-state index contributed by atoms with van der Waals surface area (Å²) in [5.41, 5.74) is 2.31. The zero-order chi connectivity index (χ0) is 11.4. The van der Waals surface area contributed by atoms with Crippen LogP contribution in [0.5, 0.6) is 0 Å². The fourth-order valence-corrected chi connectivity index (χ4v) is 3.28. The molecule has 0 saturated heterocycles. The van der Waals surface area contributed by atoms with E-state index in [1.54, 1.807) is 0 Å². The molecule has 2 rings (SSSR count). The molecule has 92 valence electrons. The van der Waals surface area contributed by atoms with E-state index in [1.807, 2.05) is 0 Å². The standard InChI is InChI=1S/C13H24N2O/c14-15-12(16)13(9-10-13)11-7-5-3-1-2-4-6-8-11/h11H,1-10,14H2,(H,15,16). The number of hydrogen-bond donors (Lipinski definition) is 2. The number of carbonyl (C=O) groups is 1. The minimum Gasteiger partial charge on any atom is -0.294 e. The zero-order valence-electron chi connectivity index (χ0n) is 10.1. The molecule has 0 aliphatic heterocycles. The second-order valence-electron chi connectivity index (χ2n) is 5.53. The SMILES string of the molecule is NNC(=O)C1(C2CCCCCCCC2)CC1. The Balaban J connectivity index is 1.97. The molecule has 0 heterocycles. The highest BCUT2D eigenvalue weighted by molar-refractivity contribution is 5.85. The molecule has 0 spiro atoms. The molecule has 0 radical (unpaired) electrons. The van der Waals surface area contributed by atoms with Gasteiger partial charge < -0.3 is 0 Å². The average Bonchev–Trinajstić information content (AvgIpc) is 3.07. The van der Waals surface area contributed by atoms with Crippen molar-refractivity contribution in [2.24, 2.45) is 17.2 Å². The molecule has 0 atom stereocenters. The van der Waals surface area contributed by atoms with Gasteiger partial charge in [-0.25, -0.2) is 5.84 Å². The molecule has 16 heavy (non-hydrogen) atoms. The molecule has 1 amide bonds. The molecule has 3 N–H and O–H groups in total. The van der Waals surface area contributed by atoms with Crippen LogP contribution in [-0.4, -0.2) is 5.91 Å². The summed E-state index contributed by atoms with van der Waals surface area (Å²) in [6.07, 6.45) is 12.6. The molecule has 2 saturated carbocycles. The van der Waals surface area contributed by atoms with Crippen LogP contribution < -0.4 is 11.3 Å². The van der Waals surface area contributed by atoms with Crippen LogP contribution in [0.1, 0.15) is 64.2 Å². The van der Waals surface area contributed by atoms with Crippen LogP contribution >= 0.6 is 0 Å². The van der Waals surface area contributed by atoms with Gasteiger partial charge in [0.1, 0.15) is 0 Å². The second kappa shape index (κ2) is 5.17. The van der Waals surface area contributed by atoms with Crippen molar-refractivity contribution in [3.05, 3.63) is 0 Å². The normalized spacial score (nSPS) is 26.3. The van der Waals surface area contributed by atoms with Gasteiger partial charge in [0.2, 0.25) is 5.91 Å². The Kier molecular flexibility index (Phi) is 3.85. The first-order valence-corrected chi connectivity index (χ1v) is 6.81. The van der Waals surface area contributed by atoms with Crippen molar-refractivity contribution in [3.8, 4) is 0 Å². The molecular formula is C13H24N2O. The van der Waals surface area contributed by atoms with E-state index in [-0.39, 0.29) is 11.3 Å². The lowest BCUT2D eigenvalue weighted by molar-refractivity contribution is -0.128. The molecule has 0 bridgehead atoms. The fourth-order valence-electron chi connectivity index (χ4n) is 3.28. The Morgan fingerprint density at radius 1 is 1.00 bits per heavy atom. The smallest absolute Gasteiger partial charge is 0.240 e. The maximum Gasteiger partial charge on any atom is 0.240 e. The molecule has 0 aromatic rings. The van der Waals surface area contributed by atoms with Gasteiger partial charge in [-0.3, -0.25) is 10.2 Å². The minimum atomic E-state index is -0.0703. The Labute approximate surface area is 98.1 Å². The van der Waals surface area contributed by atoms with E-state index in [0.29, 0.717) is 5.92 Å². The monoisotopic (exact) mass is 224 g/mol. The van der Waals surface area contributed by atoms with E-state index in [2.05, 4.69) is 5.43 Å². The lowest BCUT2D eigenvalue weighted by atomic mass is 9.81. The summed E-state index contributed by atoms with van der Waals surface area (Å²) in [5.74, 6) is 5.99. The van der Waals surface area contributed by atoms with Crippen LogP contribution in [0.4, 0.5) is 0 Å². The van der Waals surface area contributed by atoms with E-state index in [0.717, 1.165) is 12.8 Å². The van der Waals surface area contributed by atoms with E-state index in [9.17, 15) is 4.79 Å². The number of carbonyl (C=O) groups excluding carboxylic acids is 1. The van der Waals surface area contributed by atoms with Crippen LogP contribution in [0.25, 0.3) is 0 Å². The van der Waals surface area contributed by atoms with Crippen LogP contribution in [-0.2, 0) is 4.79 Å². The number of nitrogens with two attached hydrogens (primary N) is 1. The zero-order valence-corrected chi connectivity index (χ0v) is 10.1. The third-order valence-electron chi connectivity index (χ3n) is 4.51. The van der Waals surface area contributed by atoms with Crippen LogP contribution in [0.3, 0.4) is 0 Å². The Bertz CT molecular complexity index is 238. The van der Waals surface area contributed by atoms with Crippen molar-refractivity contribution in [1.29, 1.82) is 0 Å². The highest BCUT2D eigenvalue weighted by atomic mass is 16.2. The summed E-state index contributed by atoms with van der Waals surface area (Å²) >= 11 is 0. The molecule has 2 aliphatic carbocycles. The van der Waals surface area contributed by atoms with Gasteiger partial charge in [-0.1, -0.05) is 38.5 Å². The predicted molar refractivity (Wildman–Crippen MR) is 64.4 cm³/mol. The Morgan fingerprint density at radius 3 is 1.94 bits per heavy atom. The summed E-state index contributed by atoms with van der Waals surface area (Å²) in [7, 11) is 0. The van der Waals surface area contributed by atoms with Gasteiger partial charge in [0, 0.05) is 0 Å². The fraction of sp³-hybridized carbons (Fsp3) is 0.923.